The molecule has 0 radical (unpaired) electrons. The highest BCUT2D eigenvalue weighted by Crippen LogP contribution is 2.17. The number of carboxylic acid groups (broad SMARTS) is 3. The van der Waals surface area contributed by atoms with E-state index in [-0.39, 0.29) is 31.6 Å². The number of rotatable bonds is 7. The summed E-state index contributed by atoms with van der Waals surface area (Å²) in [6.07, 6.45) is 2.10. The molecule has 27 heavy (non-hydrogen) atoms. The predicted molar refractivity (Wildman–Crippen MR) is 99.8 cm³/mol. The van der Waals surface area contributed by atoms with Crippen LogP contribution >= 0.6 is 0 Å². The summed E-state index contributed by atoms with van der Waals surface area (Å²) in [6.45, 7) is 6.77. The average molecular weight is 387 g/mol. The van der Waals surface area contributed by atoms with E-state index in [0.717, 1.165) is 0 Å². The molecule has 0 aromatic rings. The van der Waals surface area contributed by atoms with Gasteiger partial charge in [0.2, 0.25) is 0 Å². The molecule has 1 saturated heterocycles. The summed E-state index contributed by atoms with van der Waals surface area (Å²) in [4.78, 5) is 39.2. The van der Waals surface area contributed by atoms with Gasteiger partial charge >= 0.3 is 17.9 Å². The van der Waals surface area contributed by atoms with Crippen molar-refractivity contribution < 1.29 is 29.7 Å². The SMILES string of the molecule is CC(C)C1CCN(CC(=O)O)CCCN(CC(=O)O)CCCN1CC(=O)O. The molecule has 0 aliphatic carbocycles. The molecule has 1 aliphatic heterocycles. The van der Waals surface area contributed by atoms with Gasteiger partial charge in [0, 0.05) is 19.1 Å². The standard InChI is InChI=1S/C18H33N3O6/c1-14(2)15-5-10-20(12-17(24)25)7-3-6-19(11-16(22)23)8-4-9-21(15)13-18(26)27/h14-15H,3-13H2,1-2H3,(H,22,23)(H,24,25)(H,26,27). The van der Waals surface area contributed by atoms with E-state index in [9.17, 15) is 19.5 Å². The van der Waals surface area contributed by atoms with Crippen molar-refractivity contribution in [2.45, 2.75) is 39.2 Å². The fourth-order valence-electron chi connectivity index (χ4n) is 3.73. The number of carbonyl (C=O) groups is 3. The van der Waals surface area contributed by atoms with E-state index >= 15 is 0 Å². The number of nitrogens with zero attached hydrogens (tertiary/aromatic N) is 3. The van der Waals surface area contributed by atoms with Gasteiger partial charge in [-0.15, -0.1) is 0 Å². The lowest BCUT2D eigenvalue weighted by molar-refractivity contribution is -0.139. The highest BCUT2D eigenvalue weighted by molar-refractivity contribution is 5.69. The highest BCUT2D eigenvalue weighted by atomic mass is 16.4. The maximum atomic E-state index is 11.3. The van der Waals surface area contributed by atoms with Gasteiger partial charge in [-0.3, -0.25) is 29.1 Å². The summed E-state index contributed by atoms with van der Waals surface area (Å²) in [5.41, 5.74) is 0. The molecule has 0 saturated carbocycles. The van der Waals surface area contributed by atoms with Crippen LogP contribution in [0.1, 0.15) is 33.1 Å². The molecule has 1 heterocycles. The Labute approximate surface area is 160 Å². The van der Waals surface area contributed by atoms with Gasteiger partial charge in [0.05, 0.1) is 19.6 Å². The van der Waals surface area contributed by atoms with E-state index < -0.39 is 17.9 Å². The van der Waals surface area contributed by atoms with E-state index in [1.54, 1.807) is 0 Å². The molecular formula is C18H33N3O6. The van der Waals surface area contributed by atoms with E-state index in [2.05, 4.69) is 0 Å². The Kier molecular flexibility index (Phi) is 10.3. The van der Waals surface area contributed by atoms with Crippen LogP contribution in [0.5, 0.6) is 0 Å². The van der Waals surface area contributed by atoms with Crippen molar-refractivity contribution >= 4 is 17.9 Å². The minimum absolute atomic E-state index is 0.0322. The summed E-state index contributed by atoms with van der Waals surface area (Å²) in [5.74, 6) is -2.45. The van der Waals surface area contributed by atoms with Gasteiger partial charge in [-0.1, -0.05) is 13.8 Å². The molecule has 0 aromatic carbocycles. The van der Waals surface area contributed by atoms with Crippen LogP contribution in [0, 0.1) is 5.92 Å². The molecule has 9 nitrogen and oxygen atoms in total. The Balaban J connectivity index is 2.94. The van der Waals surface area contributed by atoms with Gasteiger partial charge in [0.1, 0.15) is 0 Å². The molecule has 0 amide bonds. The van der Waals surface area contributed by atoms with Crippen molar-refractivity contribution in [3.8, 4) is 0 Å². The number of hydrogen-bond acceptors (Lipinski definition) is 6. The van der Waals surface area contributed by atoms with Gasteiger partial charge in [0.15, 0.2) is 0 Å². The first kappa shape index (κ1) is 23.3. The van der Waals surface area contributed by atoms with Gasteiger partial charge < -0.3 is 15.3 Å². The normalized spacial score (nSPS) is 22.1. The first-order chi connectivity index (χ1) is 12.7. The fourth-order valence-corrected chi connectivity index (χ4v) is 3.73. The molecule has 1 fully saturated rings. The topological polar surface area (TPSA) is 122 Å². The van der Waals surface area contributed by atoms with Gasteiger partial charge in [-0.2, -0.15) is 0 Å². The summed E-state index contributed by atoms with van der Waals surface area (Å²) in [5, 5.41) is 27.5. The van der Waals surface area contributed by atoms with Crippen molar-refractivity contribution in [3.05, 3.63) is 0 Å². The molecule has 0 bridgehead atoms. The minimum atomic E-state index is -0.896. The molecule has 0 spiro atoms. The maximum absolute atomic E-state index is 11.3. The van der Waals surface area contributed by atoms with Crippen LogP contribution in [0.25, 0.3) is 0 Å². The molecule has 1 aliphatic rings. The first-order valence-corrected chi connectivity index (χ1v) is 9.53. The molecule has 3 N–H and O–H groups in total. The number of aliphatic carboxylic acids is 3. The lowest BCUT2D eigenvalue weighted by Gasteiger charge is -2.36. The van der Waals surface area contributed by atoms with Crippen molar-refractivity contribution in [2.24, 2.45) is 5.92 Å². The second-order valence-corrected chi connectivity index (χ2v) is 7.51. The van der Waals surface area contributed by atoms with Gasteiger partial charge in [-0.25, -0.2) is 0 Å². The molecule has 1 atom stereocenters. The Morgan fingerprint density at radius 2 is 1.22 bits per heavy atom. The lowest BCUT2D eigenvalue weighted by atomic mass is 9.98. The largest absolute Gasteiger partial charge is 0.480 e. The molecule has 1 unspecified atom stereocenters. The van der Waals surface area contributed by atoms with Crippen LogP contribution in [0.3, 0.4) is 0 Å². The zero-order chi connectivity index (χ0) is 20.4. The first-order valence-electron chi connectivity index (χ1n) is 9.53. The number of hydrogen-bond donors (Lipinski definition) is 3. The quantitative estimate of drug-likeness (QED) is 0.568. The van der Waals surface area contributed by atoms with E-state index in [0.29, 0.717) is 52.0 Å². The molecule has 156 valence electrons. The zero-order valence-corrected chi connectivity index (χ0v) is 16.3. The smallest absolute Gasteiger partial charge is 0.317 e. The Hall–Kier alpha value is -1.71. The van der Waals surface area contributed by atoms with Crippen LogP contribution < -0.4 is 0 Å². The molecular weight excluding hydrogens is 354 g/mol. The van der Waals surface area contributed by atoms with Crippen LogP contribution in [0.4, 0.5) is 0 Å². The average Bonchev–Trinajstić information content (AvgIpc) is 2.51. The Bertz CT molecular complexity index is 499. The second-order valence-electron chi connectivity index (χ2n) is 7.51. The van der Waals surface area contributed by atoms with Crippen LogP contribution in [-0.4, -0.2) is 106 Å². The van der Waals surface area contributed by atoms with E-state index in [1.165, 1.54) is 0 Å². The highest BCUT2D eigenvalue weighted by Gasteiger charge is 2.25. The third kappa shape index (κ3) is 9.69. The summed E-state index contributed by atoms with van der Waals surface area (Å²) >= 11 is 0. The number of carboxylic acids is 3. The van der Waals surface area contributed by atoms with Crippen LogP contribution in [0.15, 0.2) is 0 Å². The van der Waals surface area contributed by atoms with Crippen molar-refractivity contribution in [3.63, 3.8) is 0 Å². The molecule has 1 rings (SSSR count). The second kappa shape index (κ2) is 11.9. The third-order valence-electron chi connectivity index (χ3n) is 4.90. The van der Waals surface area contributed by atoms with Crippen LogP contribution in [0.2, 0.25) is 0 Å². The van der Waals surface area contributed by atoms with Crippen molar-refractivity contribution in [1.29, 1.82) is 0 Å². The van der Waals surface area contributed by atoms with Gasteiger partial charge in [0.25, 0.3) is 0 Å². The Morgan fingerprint density at radius 1 is 0.778 bits per heavy atom. The summed E-state index contributed by atoms with van der Waals surface area (Å²) < 4.78 is 0. The Morgan fingerprint density at radius 3 is 1.67 bits per heavy atom. The zero-order valence-electron chi connectivity index (χ0n) is 16.3. The third-order valence-corrected chi connectivity index (χ3v) is 4.90. The summed E-state index contributed by atoms with van der Waals surface area (Å²) in [6, 6.07) is 0.0322. The van der Waals surface area contributed by atoms with Gasteiger partial charge in [-0.05, 0) is 44.8 Å². The molecule has 0 aromatic heterocycles. The van der Waals surface area contributed by atoms with Crippen LogP contribution in [-0.2, 0) is 14.4 Å². The van der Waals surface area contributed by atoms with Crippen molar-refractivity contribution in [2.75, 3.05) is 52.4 Å². The van der Waals surface area contributed by atoms with Crippen molar-refractivity contribution in [1.82, 2.24) is 14.7 Å². The fraction of sp³-hybridized carbons (Fsp3) is 0.833. The van der Waals surface area contributed by atoms with E-state index in [4.69, 9.17) is 10.2 Å². The summed E-state index contributed by atoms with van der Waals surface area (Å²) in [7, 11) is 0. The monoisotopic (exact) mass is 387 g/mol. The maximum Gasteiger partial charge on any atom is 0.317 e. The van der Waals surface area contributed by atoms with E-state index in [1.807, 2.05) is 28.5 Å². The predicted octanol–water partition coefficient (Wildman–Crippen LogP) is 0.355. The minimum Gasteiger partial charge on any atom is -0.480 e. The lowest BCUT2D eigenvalue weighted by Crippen LogP contribution is -2.46. The molecule has 9 heteroatoms.